The van der Waals surface area contributed by atoms with E-state index < -0.39 is 20.6 Å². The van der Waals surface area contributed by atoms with E-state index in [2.05, 4.69) is 10.0 Å². The van der Waals surface area contributed by atoms with Gasteiger partial charge in [-0.1, -0.05) is 5.11 Å². The molecule has 0 bridgehead atoms. The number of hydrogen-bond donors (Lipinski definition) is 1. The van der Waals surface area contributed by atoms with Gasteiger partial charge in [-0.25, -0.2) is 8.42 Å². The van der Waals surface area contributed by atoms with E-state index in [-0.39, 0.29) is 18.3 Å². The molecule has 0 aromatic heterocycles. The van der Waals surface area contributed by atoms with Gasteiger partial charge in [0.1, 0.15) is 0 Å². The molecule has 0 amide bonds. The first-order valence-electron chi connectivity index (χ1n) is 4.74. The predicted octanol–water partition coefficient (Wildman–Crippen LogP) is 0.871. The molecule has 0 radical (unpaired) electrons. The number of aliphatic hydroxyl groups excluding tert-OH is 1. The Morgan fingerprint density at radius 2 is 2.27 bits per heavy atom. The lowest BCUT2D eigenvalue weighted by Gasteiger charge is -2.29. The molecular weight excluding hydrogens is 218 g/mol. The first-order valence-corrected chi connectivity index (χ1v) is 6.39. The first-order chi connectivity index (χ1) is 6.86. The second kappa shape index (κ2) is 4.00. The monoisotopic (exact) mass is 233 g/mol. The zero-order chi connectivity index (χ0) is 11.7. The van der Waals surface area contributed by atoms with Gasteiger partial charge in [0, 0.05) is 4.91 Å². The van der Waals surface area contributed by atoms with Crippen LogP contribution in [0.4, 0.5) is 0 Å². The van der Waals surface area contributed by atoms with Crippen LogP contribution in [0.15, 0.2) is 5.11 Å². The molecule has 86 valence electrons. The number of hydrogen-bond acceptors (Lipinski definition) is 4. The lowest BCUT2D eigenvalue weighted by atomic mass is 9.86. The van der Waals surface area contributed by atoms with Crippen LogP contribution in [0.5, 0.6) is 0 Å². The third-order valence-corrected chi connectivity index (χ3v) is 5.92. The first kappa shape index (κ1) is 12.3. The molecule has 1 fully saturated rings. The van der Waals surface area contributed by atoms with Crippen LogP contribution in [0.1, 0.15) is 20.3 Å². The number of nitrogens with zero attached hydrogens (tertiary/aromatic N) is 3. The van der Waals surface area contributed by atoms with Gasteiger partial charge in [0.2, 0.25) is 0 Å². The molecular formula is C8H15N3O3S. The molecule has 2 unspecified atom stereocenters. The van der Waals surface area contributed by atoms with Crippen LogP contribution in [-0.4, -0.2) is 36.7 Å². The molecule has 7 heteroatoms. The average Bonchev–Trinajstić information content (AvgIpc) is 2.35. The maximum atomic E-state index is 11.7. The van der Waals surface area contributed by atoms with Crippen LogP contribution < -0.4 is 0 Å². The molecule has 0 aromatic carbocycles. The maximum absolute atomic E-state index is 11.7. The molecule has 2 atom stereocenters. The summed E-state index contributed by atoms with van der Waals surface area (Å²) < 4.78 is 22.5. The van der Waals surface area contributed by atoms with Crippen LogP contribution in [0.25, 0.3) is 10.4 Å². The third kappa shape index (κ3) is 1.95. The summed E-state index contributed by atoms with van der Waals surface area (Å²) in [5.74, 6) is -0.203. The molecule has 1 N–H and O–H groups in total. The van der Waals surface area contributed by atoms with E-state index >= 15 is 0 Å². The minimum Gasteiger partial charge on any atom is -0.396 e. The predicted molar refractivity (Wildman–Crippen MR) is 56.0 cm³/mol. The van der Waals surface area contributed by atoms with E-state index in [1.54, 1.807) is 13.8 Å². The lowest BCUT2D eigenvalue weighted by molar-refractivity contribution is 0.209. The normalized spacial score (nSPS) is 29.4. The summed E-state index contributed by atoms with van der Waals surface area (Å²) in [6.45, 7) is 2.93. The molecule has 6 nitrogen and oxygen atoms in total. The van der Waals surface area contributed by atoms with E-state index in [1.165, 1.54) is 0 Å². The Morgan fingerprint density at radius 3 is 2.60 bits per heavy atom. The fourth-order valence-electron chi connectivity index (χ4n) is 2.09. The standard InChI is InChI=1S/C8H15N3O3S/c1-8(2)6(3-4-15(8,13)14)7(5-12)10-11-9/h6-7,12H,3-5H2,1-2H3. The summed E-state index contributed by atoms with van der Waals surface area (Å²) in [5, 5.41) is 12.5. The summed E-state index contributed by atoms with van der Waals surface area (Å²) in [6.07, 6.45) is 0.444. The second-order valence-corrected chi connectivity index (χ2v) is 6.96. The molecule has 0 aromatic rings. The van der Waals surface area contributed by atoms with E-state index in [4.69, 9.17) is 10.6 Å². The fourth-order valence-corrected chi connectivity index (χ4v) is 3.92. The summed E-state index contributed by atoms with van der Waals surface area (Å²) in [5.41, 5.74) is 8.33. The molecule has 1 saturated heterocycles. The average molecular weight is 233 g/mol. The van der Waals surface area contributed by atoms with Gasteiger partial charge in [-0.15, -0.1) is 0 Å². The number of sulfone groups is 1. The summed E-state index contributed by atoms with van der Waals surface area (Å²) in [7, 11) is -3.14. The highest BCUT2D eigenvalue weighted by Gasteiger charge is 2.50. The Hall–Kier alpha value is -0.780. The molecule has 0 aliphatic carbocycles. The Bertz CT molecular complexity index is 384. The highest BCUT2D eigenvalue weighted by atomic mass is 32.2. The van der Waals surface area contributed by atoms with Crippen molar-refractivity contribution in [2.75, 3.05) is 12.4 Å². The van der Waals surface area contributed by atoms with Crippen molar-refractivity contribution in [3.05, 3.63) is 10.4 Å². The molecule has 1 heterocycles. The number of azide groups is 1. The van der Waals surface area contributed by atoms with Crippen molar-refractivity contribution in [3.8, 4) is 0 Å². The van der Waals surface area contributed by atoms with Gasteiger partial charge < -0.3 is 5.11 Å². The number of rotatable bonds is 3. The van der Waals surface area contributed by atoms with Gasteiger partial charge in [0.05, 0.1) is 23.1 Å². The van der Waals surface area contributed by atoms with E-state index in [1.807, 2.05) is 0 Å². The summed E-state index contributed by atoms with van der Waals surface area (Å²) in [4.78, 5) is 2.63. The molecule has 1 aliphatic heterocycles. The number of aliphatic hydroxyl groups is 1. The van der Waals surface area contributed by atoms with E-state index in [0.717, 1.165) is 0 Å². The smallest absolute Gasteiger partial charge is 0.155 e. The Kier molecular flexibility index (Phi) is 3.28. The zero-order valence-electron chi connectivity index (χ0n) is 8.79. The highest BCUT2D eigenvalue weighted by molar-refractivity contribution is 7.93. The van der Waals surface area contributed by atoms with Crippen LogP contribution >= 0.6 is 0 Å². The third-order valence-electron chi connectivity index (χ3n) is 3.24. The van der Waals surface area contributed by atoms with E-state index in [9.17, 15) is 8.42 Å². The molecule has 0 saturated carbocycles. The molecule has 0 spiro atoms. The Balaban J connectivity index is 3.04. The minimum atomic E-state index is -3.14. The van der Waals surface area contributed by atoms with Crippen molar-refractivity contribution in [1.82, 2.24) is 0 Å². The Labute approximate surface area is 88.8 Å². The molecule has 1 aliphatic rings. The van der Waals surface area contributed by atoms with Crippen molar-refractivity contribution >= 4 is 9.84 Å². The van der Waals surface area contributed by atoms with E-state index in [0.29, 0.717) is 6.42 Å². The highest BCUT2D eigenvalue weighted by Crippen LogP contribution is 2.40. The van der Waals surface area contributed by atoms with Gasteiger partial charge in [0.15, 0.2) is 9.84 Å². The van der Waals surface area contributed by atoms with Crippen molar-refractivity contribution in [2.24, 2.45) is 11.0 Å². The van der Waals surface area contributed by atoms with Crippen LogP contribution in [-0.2, 0) is 9.84 Å². The van der Waals surface area contributed by atoms with Crippen molar-refractivity contribution in [3.63, 3.8) is 0 Å². The largest absolute Gasteiger partial charge is 0.396 e. The van der Waals surface area contributed by atoms with Crippen molar-refractivity contribution < 1.29 is 13.5 Å². The topological polar surface area (TPSA) is 103 Å². The molecule has 1 rings (SSSR count). The van der Waals surface area contributed by atoms with Crippen LogP contribution in [0.2, 0.25) is 0 Å². The molecule has 15 heavy (non-hydrogen) atoms. The quantitative estimate of drug-likeness (QED) is 0.444. The lowest BCUT2D eigenvalue weighted by Crippen LogP contribution is -2.40. The van der Waals surface area contributed by atoms with Crippen LogP contribution in [0.3, 0.4) is 0 Å². The van der Waals surface area contributed by atoms with Gasteiger partial charge in [-0.3, -0.25) is 0 Å². The maximum Gasteiger partial charge on any atom is 0.155 e. The van der Waals surface area contributed by atoms with Crippen molar-refractivity contribution in [1.29, 1.82) is 0 Å². The van der Waals surface area contributed by atoms with Crippen LogP contribution in [0, 0.1) is 5.92 Å². The zero-order valence-corrected chi connectivity index (χ0v) is 9.61. The summed E-state index contributed by atoms with van der Waals surface area (Å²) in [6, 6.07) is -0.651. The Morgan fingerprint density at radius 1 is 1.67 bits per heavy atom. The van der Waals surface area contributed by atoms with Gasteiger partial charge >= 0.3 is 0 Å². The minimum absolute atomic E-state index is 0.0993. The summed E-state index contributed by atoms with van der Waals surface area (Å²) >= 11 is 0. The van der Waals surface area contributed by atoms with Gasteiger partial charge in [-0.2, -0.15) is 0 Å². The second-order valence-electron chi connectivity index (χ2n) is 4.27. The SMILES string of the molecule is CC1(C)C(C(CO)N=[N+]=[N-])CCS1(=O)=O. The van der Waals surface area contributed by atoms with Crippen molar-refractivity contribution in [2.45, 2.75) is 31.1 Å². The van der Waals surface area contributed by atoms with Gasteiger partial charge in [-0.05, 0) is 31.7 Å². The fraction of sp³-hybridized carbons (Fsp3) is 1.00. The van der Waals surface area contributed by atoms with Gasteiger partial charge in [0.25, 0.3) is 0 Å².